The maximum absolute atomic E-state index is 11.9. The van der Waals surface area contributed by atoms with Crippen LogP contribution in [0, 0.1) is 0 Å². The quantitative estimate of drug-likeness (QED) is 0.620. The lowest BCUT2D eigenvalue weighted by Crippen LogP contribution is -2.13. The van der Waals surface area contributed by atoms with Gasteiger partial charge in [-0.2, -0.15) is 0 Å². The van der Waals surface area contributed by atoms with Gasteiger partial charge in [0, 0.05) is 35.3 Å². The number of aliphatic hydroxyl groups is 1. The Bertz CT molecular complexity index is 454. The Hall–Kier alpha value is -1.32. The first kappa shape index (κ1) is 11.2. The molecule has 0 saturated heterocycles. The van der Waals surface area contributed by atoms with Gasteiger partial charge in [0.25, 0.3) is 0 Å². The minimum atomic E-state index is 0.0390. The molecule has 0 amide bonds. The van der Waals surface area contributed by atoms with Crippen molar-refractivity contribution in [3.05, 3.63) is 46.1 Å². The zero-order chi connectivity index (χ0) is 11.5. The maximum atomic E-state index is 11.9. The molecule has 4 heteroatoms. The van der Waals surface area contributed by atoms with Gasteiger partial charge >= 0.3 is 0 Å². The van der Waals surface area contributed by atoms with E-state index in [0.717, 1.165) is 11.1 Å². The average molecular weight is 238 g/mol. The molecule has 0 aliphatic heterocycles. The Morgan fingerprint density at radius 2 is 2.31 bits per heavy atom. The molecule has 16 heavy (non-hydrogen) atoms. The molecular formula is C12H12ClNO2. The largest absolute Gasteiger partial charge is 0.395 e. The summed E-state index contributed by atoms with van der Waals surface area (Å²) in [5.74, 6) is 0.0390. The van der Waals surface area contributed by atoms with Crippen LogP contribution >= 0.6 is 11.6 Å². The lowest BCUT2D eigenvalue weighted by molar-refractivity contribution is 0.103. The van der Waals surface area contributed by atoms with E-state index >= 15 is 0 Å². The normalized spacial score (nSPS) is 16.6. The molecule has 3 nitrogen and oxygen atoms in total. The number of carbonyl (C=O) groups excluding carboxylic acids is 1. The standard InChI is InChI=1S/C12H12ClNO2/c13-10-1-2-11-8(6-10)5-9(12(11)16)7-14-3-4-15/h1-2,6-7,14-15H,3-5H2/b9-7+. The van der Waals surface area contributed by atoms with Crippen LogP contribution in [-0.4, -0.2) is 24.0 Å². The van der Waals surface area contributed by atoms with Crippen LogP contribution in [0.15, 0.2) is 30.0 Å². The van der Waals surface area contributed by atoms with Gasteiger partial charge in [0.05, 0.1) is 6.61 Å². The van der Waals surface area contributed by atoms with Crippen molar-refractivity contribution in [2.75, 3.05) is 13.2 Å². The molecule has 0 spiro atoms. The highest BCUT2D eigenvalue weighted by Crippen LogP contribution is 2.28. The van der Waals surface area contributed by atoms with E-state index in [2.05, 4.69) is 5.32 Å². The first-order valence-corrected chi connectivity index (χ1v) is 5.46. The van der Waals surface area contributed by atoms with Gasteiger partial charge in [-0.05, 0) is 23.8 Å². The van der Waals surface area contributed by atoms with Crippen LogP contribution in [0.2, 0.25) is 5.02 Å². The molecule has 2 N–H and O–H groups in total. The number of fused-ring (bicyclic) bond motifs is 1. The molecule has 0 aromatic heterocycles. The van der Waals surface area contributed by atoms with E-state index < -0.39 is 0 Å². The summed E-state index contributed by atoms with van der Waals surface area (Å²) in [5, 5.41) is 12.2. The number of benzene rings is 1. The lowest BCUT2D eigenvalue weighted by atomic mass is 10.1. The number of rotatable bonds is 3. The van der Waals surface area contributed by atoms with Crippen molar-refractivity contribution in [2.45, 2.75) is 6.42 Å². The van der Waals surface area contributed by atoms with E-state index in [9.17, 15) is 4.79 Å². The molecule has 0 saturated carbocycles. The predicted octanol–water partition coefficient (Wildman–Crippen LogP) is 1.54. The van der Waals surface area contributed by atoms with E-state index in [-0.39, 0.29) is 12.4 Å². The van der Waals surface area contributed by atoms with Crippen LogP contribution in [0.1, 0.15) is 15.9 Å². The van der Waals surface area contributed by atoms with Gasteiger partial charge in [-0.3, -0.25) is 4.79 Å². The highest BCUT2D eigenvalue weighted by Gasteiger charge is 2.24. The molecule has 84 valence electrons. The number of hydrogen-bond donors (Lipinski definition) is 2. The smallest absolute Gasteiger partial charge is 0.191 e. The van der Waals surface area contributed by atoms with Crippen LogP contribution in [0.25, 0.3) is 0 Å². The van der Waals surface area contributed by atoms with E-state index in [4.69, 9.17) is 16.7 Å². The van der Waals surface area contributed by atoms with E-state index in [1.165, 1.54) is 0 Å². The highest BCUT2D eigenvalue weighted by atomic mass is 35.5. The molecule has 0 bridgehead atoms. The molecular weight excluding hydrogens is 226 g/mol. The SMILES string of the molecule is O=C1/C(=C/NCCO)Cc2cc(Cl)ccc21. The number of hydrogen-bond acceptors (Lipinski definition) is 3. The van der Waals surface area contributed by atoms with Crippen molar-refractivity contribution >= 4 is 17.4 Å². The van der Waals surface area contributed by atoms with Gasteiger partial charge in [0.1, 0.15) is 0 Å². The minimum absolute atomic E-state index is 0.0390. The van der Waals surface area contributed by atoms with Gasteiger partial charge in [0.15, 0.2) is 5.78 Å². The van der Waals surface area contributed by atoms with Gasteiger partial charge in [-0.25, -0.2) is 0 Å². The van der Waals surface area contributed by atoms with E-state index in [0.29, 0.717) is 23.6 Å². The predicted molar refractivity (Wildman–Crippen MR) is 62.7 cm³/mol. The number of aliphatic hydroxyl groups excluding tert-OH is 1. The molecule has 1 aliphatic carbocycles. The Kier molecular flexibility index (Phi) is 3.27. The second kappa shape index (κ2) is 4.68. The molecule has 1 aromatic carbocycles. The Labute approximate surface area is 98.7 Å². The first-order chi connectivity index (χ1) is 7.72. The van der Waals surface area contributed by atoms with E-state index in [1.54, 1.807) is 18.3 Å². The first-order valence-electron chi connectivity index (χ1n) is 5.09. The summed E-state index contributed by atoms with van der Waals surface area (Å²) in [5.41, 5.74) is 2.40. The molecule has 0 atom stereocenters. The van der Waals surface area contributed by atoms with Crippen molar-refractivity contribution in [1.82, 2.24) is 5.32 Å². The van der Waals surface area contributed by atoms with Crippen molar-refractivity contribution in [1.29, 1.82) is 0 Å². The van der Waals surface area contributed by atoms with Gasteiger partial charge < -0.3 is 10.4 Å². The molecule has 2 rings (SSSR count). The number of ketones is 1. The Balaban J connectivity index is 2.20. The zero-order valence-electron chi connectivity index (χ0n) is 8.66. The molecule has 0 unspecified atom stereocenters. The number of halogens is 1. The van der Waals surface area contributed by atoms with Crippen molar-refractivity contribution in [3.8, 4) is 0 Å². The number of carbonyl (C=O) groups is 1. The zero-order valence-corrected chi connectivity index (χ0v) is 9.42. The molecule has 1 aromatic rings. The third-order valence-corrected chi connectivity index (χ3v) is 2.75. The summed E-state index contributed by atoms with van der Waals surface area (Å²) >= 11 is 5.87. The van der Waals surface area contributed by atoms with Crippen LogP contribution in [0.3, 0.4) is 0 Å². The third-order valence-electron chi connectivity index (χ3n) is 2.52. The van der Waals surface area contributed by atoms with Crippen LogP contribution < -0.4 is 5.32 Å². The van der Waals surface area contributed by atoms with Crippen LogP contribution in [0.4, 0.5) is 0 Å². The Morgan fingerprint density at radius 3 is 3.06 bits per heavy atom. The fraction of sp³-hybridized carbons (Fsp3) is 0.250. The topological polar surface area (TPSA) is 49.3 Å². The molecule has 1 aliphatic rings. The van der Waals surface area contributed by atoms with Crippen LogP contribution in [-0.2, 0) is 6.42 Å². The van der Waals surface area contributed by atoms with Crippen molar-refractivity contribution in [2.24, 2.45) is 0 Å². The number of Topliss-reactive ketones (excluding diaryl/α,β-unsaturated/α-hetero) is 1. The minimum Gasteiger partial charge on any atom is -0.395 e. The lowest BCUT2D eigenvalue weighted by Gasteiger charge is -1.97. The average Bonchev–Trinajstić information content (AvgIpc) is 2.56. The van der Waals surface area contributed by atoms with Crippen molar-refractivity contribution < 1.29 is 9.90 Å². The molecule has 0 heterocycles. The maximum Gasteiger partial charge on any atom is 0.191 e. The molecule has 0 fully saturated rings. The summed E-state index contributed by atoms with van der Waals surface area (Å²) in [6, 6.07) is 5.30. The molecule has 0 radical (unpaired) electrons. The fourth-order valence-electron chi connectivity index (χ4n) is 1.76. The second-order valence-electron chi connectivity index (χ2n) is 3.65. The second-order valence-corrected chi connectivity index (χ2v) is 4.09. The summed E-state index contributed by atoms with van der Waals surface area (Å²) in [7, 11) is 0. The number of allylic oxidation sites excluding steroid dienone is 1. The summed E-state index contributed by atoms with van der Waals surface area (Å²) in [6.45, 7) is 0.505. The summed E-state index contributed by atoms with van der Waals surface area (Å²) in [4.78, 5) is 11.9. The third kappa shape index (κ3) is 2.10. The summed E-state index contributed by atoms with van der Waals surface area (Å²) < 4.78 is 0. The monoisotopic (exact) mass is 237 g/mol. The van der Waals surface area contributed by atoms with Crippen molar-refractivity contribution in [3.63, 3.8) is 0 Å². The Morgan fingerprint density at radius 1 is 1.50 bits per heavy atom. The van der Waals surface area contributed by atoms with Gasteiger partial charge in [-0.1, -0.05) is 11.6 Å². The highest BCUT2D eigenvalue weighted by molar-refractivity contribution is 6.31. The van der Waals surface area contributed by atoms with Gasteiger partial charge in [0.2, 0.25) is 0 Å². The summed E-state index contributed by atoms with van der Waals surface area (Å²) in [6.07, 6.45) is 2.28. The van der Waals surface area contributed by atoms with E-state index in [1.807, 2.05) is 6.07 Å². The van der Waals surface area contributed by atoms with Gasteiger partial charge in [-0.15, -0.1) is 0 Å². The number of nitrogens with one attached hydrogen (secondary N) is 1. The fourth-order valence-corrected chi connectivity index (χ4v) is 1.96. The van der Waals surface area contributed by atoms with Crippen LogP contribution in [0.5, 0.6) is 0 Å².